The number of nitrogen functional groups attached to an aromatic ring is 1. The molecule has 0 radical (unpaired) electrons. The van der Waals surface area contributed by atoms with E-state index in [2.05, 4.69) is 5.32 Å². The summed E-state index contributed by atoms with van der Waals surface area (Å²) in [7, 11) is 0. The van der Waals surface area contributed by atoms with Gasteiger partial charge in [-0.3, -0.25) is 4.79 Å². The minimum Gasteiger partial charge on any atom is -0.398 e. The molecule has 0 aliphatic heterocycles. The maximum Gasteiger partial charge on any atom is 0.418 e. The van der Waals surface area contributed by atoms with Gasteiger partial charge in [-0.15, -0.1) is 0 Å². The molecule has 6 heteroatoms. The second-order valence-corrected chi connectivity index (χ2v) is 3.93. The Kier molecular flexibility index (Phi) is 3.65. The lowest BCUT2D eigenvalue weighted by Crippen LogP contribution is -2.30. The number of benzene rings is 1. The summed E-state index contributed by atoms with van der Waals surface area (Å²) in [6.07, 6.45) is -4.56. The molecule has 1 aromatic carbocycles. The molecule has 0 heterocycles. The molecular formula is C11H13F3N2O. The van der Waals surface area contributed by atoms with Crippen molar-refractivity contribution in [1.29, 1.82) is 0 Å². The molecule has 0 saturated carbocycles. The van der Waals surface area contributed by atoms with Gasteiger partial charge in [0.15, 0.2) is 0 Å². The normalized spacial score (nSPS) is 11.6. The molecule has 1 rings (SSSR count). The van der Waals surface area contributed by atoms with Gasteiger partial charge < -0.3 is 11.1 Å². The van der Waals surface area contributed by atoms with Crippen molar-refractivity contribution in [3.63, 3.8) is 0 Å². The number of nitrogens with two attached hydrogens (primary N) is 1. The Balaban J connectivity index is 3.09. The Labute approximate surface area is 96.8 Å². The third kappa shape index (κ3) is 3.37. The van der Waals surface area contributed by atoms with Crippen molar-refractivity contribution in [2.75, 3.05) is 5.73 Å². The van der Waals surface area contributed by atoms with Crippen molar-refractivity contribution < 1.29 is 18.0 Å². The molecule has 0 saturated heterocycles. The monoisotopic (exact) mass is 246 g/mol. The summed E-state index contributed by atoms with van der Waals surface area (Å²) in [4.78, 5) is 11.5. The molecule has 0 aliphatic carbocycles. The zero-order valence-electron chi connectivity index (χ0n) is 9.43. The number of alkyl halides is 3. The van der Waals surface area contributed by atoms with E-state index in [1.54, 1.807) is 13.8 Å². The highest BCUT2D eigenvalue weighted by molar-refractivity contribution is 5.95. The average molecular weight is 246 g/mol. The number of amides is 1. The highest BCUT2D eigenvalue weighted by Gasteiger charge is 2.33. The first-order chi connectivity index (χ1) is 7.71. The smallest absolute Gasteiger partial charge is 0.398 e. The Bertz CT molecular complexity index is 427. The number of nitrogens with one attached hydrogen (secondary N) is 1. The van der Waals surface area contributed by atoms with Gasteiger partial charge in [0.05, 0.1) is 5.56 Å². The summed E-state index contributed by atoms with van der Waals surface area (Å²) >= 11 is 0. The zero-order chi connectivity index (χ0) is 13.2. The van der Waals surface area contributed by atoms with E-state index in [4.69, 9.17) is 5.73 Å². The van der Waals surface area contributed by atoms with Crippen molar-refractivity contribution in [3.8, 4) is 0 Å². The number of anilines is 1. The van der Waals surface area contributed by atoms with Gasteiger partial charge in [0, 0.05) is 17.3 Å². The second-order valence-electron chi connectivity index (χ2n) is 3.93. The summed E-state index contributed by atoms with van der Waals surface area (Å²) < 4.78 is 37.6. The molecule has 0 fully saturated rings. The van der Waals surface area contributed by atoms with Crippen molar-refractivity contribution in [2.45, 2.75) is 26.1 Å². The number of carbonyl (C=O) groups excluding carboxylic acids is 1. The summed E-state index contributed by atoms with van der Waals surface area (Å²) in [5.74, 6) is -0.550. The second kappa shape index (κ2) is 4.65. The molecular weight excluding hydrogens is 233 g/mol. The van der Waals surface area contributed by atoms with Crippen LogP contribution >= 0.6 is 0 Å². The first-order valence-corrected chi connectivity index (χ1v) is 4.99. The topological polar surface area (TPSA) is 55.1 Å². The molecule has 0 aliphatic rings. The van der Waals surface area contributed by atoms with E-state index < -0.39 is 23.3 Å². The largest absolute Gasteiger partial charge is 0.418 e. The fourth-order valence-corrected chi connectivity index (χ4v) is 1.29. The Morgan fingerprint density at radius 2 is 1.94 bits per heavy atom. The van der Waals surface area contributed by atoms with E-state index in [0.29, 0.717) is 0 Å². The lowest BCUT2D eigenvalue weighted by Gasteiger charge is -2.13. The summed E-state index contributed by atoms with van der Waals surface area (Å²) in [5, 5.41) is 2.51. The van der Waals surface area contributed by atoms with Gasteiger partial charge in [-0.2, -0.15) is 13.2 Å². The molecule has 0 atom stereocenters. The van der Waals surface area contributed by atoms with Crippen LogP contribution in [0.15, 0.2) is 18.2 Å². The fraction of sp³-hybridized carbons (Fsp3) is 0.364. The minimum absolute atomic E-state index is 0.0553. The number of rotatable bonds is 2. The number of carbonyl (C=O) groups is 1. The molecule has 1 aromatic rings. The van der Waals surface area contributed by atoms with Gasteiger partial charge in [-0.25, -0.2) is 0 Å². The highest BCUT2D eigenvalue weighted by Crippen LogP contribution is 2.33. The number of hydrogen-bond donors (Lipinski definition) is 2. The van der Waals surface area contributed by atoms with Gasteiger partial charge in [0.2, 0.25) is 0 Å². The lowest BCUT2D eigenvalue weighted by molar-refractivity contribution is -0.136. The first-order valence-electron chi connectivity index (χ1n) is 4.99. The van der Waals surface area contributed by atoms with Crippen LogP contribution in [-0.2, 0) is 6.18 Å². The quantitative estimate of drug-likeness (QED) is 0.787. The van der Waals surface area contributed by atoms with Crippen LogP contribution in [0.4, 0.5) is 18.9 Å². The molecule has 17 heavy (non-hydrogen) atoms. The van der Waals surface area contributed by atoms with Gasteiger partial charge in [-0.05, 0) is 32.0 Å². The SMILES string of the molecule is CC(C)NC(=O)c1ccc(N)c(C(F)(F)F)c1. The molecule has 0 unspecified atom stereocenters. The van der Waals surface area contributed by atoms with Gasteiger partial charge >= 0.3 is 6.18 Å². The van der Waals surface area contributed by atoms with E-state index in [1.807, 2.05) is 0 Å². The van der Waals surface area contributed by atoms with E-state index in [0.717, 1.165) is 12.1 Å². The van der Waals surface area contributed by atoms with Crippen LogP contribution < -0.4 is 11.1 Å². The maximum absolute atomic E-state index is 12.5. The van der Waals surface area contributed by atoms with Crippen LogP contribution in [0.3, 0.4) is 0 Å². The molecule has 0 aromatic heterocycles. The van der Waals surface area contributed by atoms with Crippen LogP contribution in [0.25, 0.3) is 0 Å². The van der Waals surface area contributed by atoms with Crippen LogP contribution in [0.5, 0.6) is 0 Å². The van der Waals surface area contributed by atoms with Crippen molar-refractivity contribution in [2.24, 2.45) is 0 Å². The molecule has 94 valence electrons. The van der Waals surface area contributed by atoms with Crippen LogP contribution in [-0.4, -0.2) is 11.9 Å². The van der Waals surface area contributed by atoms with Crippen LogP contribution in [0.1, 0.15) is 29.8 Å². The minimum atomic E-state index is -4.56. The fourth-order valence-electron chi connectivity index (χ4n) is 1.29. The lowest BCUT2D eigenvalue weighted by atomic mass is 10.1. The Morgan fingerprint density at radius 3 is 2.41 bits per heavy atom. The van der Waals surface area contributed by atoms with E-state index >= 15 is 0 Å². The third-order valence-electron chi connectivity index (χ3n) is 2.04. The van der Waals surface area contributed by atoms with Gasteiger partial charge in [0.25, 0.3) is 5.91 Å². The molecule has 1 amide bonds. The van der Waals surface area contributed by atoms with Crippen LogP contribution in [0.2, 0.25) is 0 Å². The zero-order valence-corrected chi connectivity index (χ0v) is 9.43. The molecule has 3 nitrogen and oxygen atoms in total. The number of halogens is 3. The summed E-state index contributed by atoms with van der Waals surface area (Å²) in [5.41, 5.74) is 3.79. The standard InChI is InChI=1S/C11H13F3N2O/c1-6(2)16-10(17)7-3-4-9(15)8(5-7)11(12,13)14/h3-6H,15H2,1-2H3,(H,16,17). The molecule has 0 bridgehead atoms. The Hall–Kier alpha value is -1.72. The Morgan fingerprint density at radius 1 is 1.35 bits per heavy atom. The van der Waals surface area contributed by atoms with E-state index in [9.17, 15) is 18.0 Å². The summed E-state index contributed by atoms with van der Waals surface area (Å²) in [6.45, 7) is 3.44. The van der Waals surface area contributed by atoms with E-state index in [-0.39, 0.29) is 11.6 Å². The predicted molar refractivity (Wildman–Crippen MR) is 58.5 cm³/mol. The predicted octanol–water partition coefficient (Wildman–Crippen LogP) is 2.43. The average Bonchev–Trinajstić information content (AvgIpc) is 2.15. The third-order valence-corrected chi connectivity index (χ3v) is 2.04. The van der Waals surface area contributed by atoms with Crippen molar-refractivity contribution in [3.05, 3.63) is 29.3 Å². The first kappa shape index (κ1) is 13.3. The van der Waals surface area contributed by atoms with Crippen molar-refractivity contribution >= 4 is 11.6 Å². The van der Waals surface area contributed by atoms with Gasteiger partial charge in [-0.1, -0.05) is 0 Å². The number of hydrogen-bond acceptors (Lipinski definition) is 2. The van der Waals surface area contributed by atoms with E-state index in [1.165, 1.54) is 6.07 Å². The maximum atomic E-state index is 12.5. The molecule has 3 N–H and O–H groups in total. The summed E-state index contributed by atoms with van der Waals surface area (Å²) in [6, 6.07) is 2.96. The van der Waals surface area contributed by atoms with Crippen molar-refractivity contribution in [1.82, 2.24) is 5.32 Å². The highest BCUT2D eigenvalue weighted by atomic mass is 19.4. The van der Waals surface area contributed by atoms with Crippen LogP contribution in [0, 0.1) is 0 Å². The van der Waals surface area contributed by atoms with Gasteiger partial charge in [0.1, 0.15) is 0 Å². The molecule has 0 spiro atoms.